The van der Waals surface area contributed by atoms with Gasteiger partial charge in [-0.05, 0) is 12.8 Å². The molecule has 0 bridgehead atoms. The molecule has 0 amide bonds. The molecule has 0 rings (SSSR count). The Balaban J connectivity index is 3.66. The summed E-state index contributed by atoms with van der Waals surface area (Å²) in [5.74, 6) is 0.108. The maximum Gasteiger partial charge on any atom is 0.123 e. The van der Waals surface area contributed by atoms with Crippen LogP contribution in [-0.2, 0) is 9.59 Å². The molecule has 0 saturated heterocycles. The van der Waals surface area contributed by atoms with E-state index in [4.69, 9.17) is 0 Å². The summed E-state index contributed by atoms with van der Waals surface area (Å²) in [5, 5.41) is 0. The molecule has 0 spiro atoms. The van der Waals surface area contributed by atoms with Crippen LogP contribution in [0.2, 0.25) is 0 Å². The van der Waals surface area contributed by atoms with Crippen molar-refractivity contribution in [2.75, 3.05) is 0 Å². The predicted molar refractivity (Wildman–Crippen MR) is 44.3 cm³/mol. The molecule has 0 aromatic heterocycles. The van der Waals surface area contributed by atoms with Crippen molar-refractivity contribution >= 4 is 12.6 Å². The maximum atomic E-state index is 10.4. The fraction of sp³-hybridized carbons (Fsp3) is 0.778. The highest BCUT2D eigenvalue weighted by molar-refractivity contribution is 5.57. The highest BCUT2D eigenvalue weighted by Gasteiger charge is 2.10. The van der Waals surface area contributed by atoms with Gasteiger partial charge in [0.25, 0.3) is 0 Å². The van der Waals surface area contributed by atoms with Crippen LogP contribution >= 0.6 is 0 Å². The Labute approximate surface area is 68.0 Å². The van der Waals surface area contributed by atoms with Crippen LogP contribution in [0.15, 0.2) is 0 Å². The molecule has 0 aliphatic carbocycles. The molecule has 2 unspecified atom stereocenters. The van der Waals surface area contributed by atoms with Crippen LogP contribution < -0.4 is 0 Å². The van der Waals surface area contributed by atoms with Crippen LogP contribution in [0.4, 0.5) is 0 Å². The number of rotatable bonds is 6. The topological polar surface area (TPSA) is 34.1 Å². The zero-order chi connectivity index (χ0) is 8.69. The van der Waals surface area contributed by atoms with Gasteiger partial charge >= 0.3 is 0 Å². The molecule has 0 saturated carbocycles. The van der Waals surface area contributed by atoms with E-state index in [1.165, 1.54) is 0 Å². The smallest absolute Gasteiger partial charge is 0.123 e. The minimum absolute atomic E-state index is 0.0248. The van der Waals surface area contributed by atoms with Gasteiger partial charge in [-0.2, -0.15) is 0 Å². The van der Waals surface area contributed by atoms with E-state index < -0.39 is 0 Å². The Hall–Kier alpha value is -0.660. The van der Waals surface area contributed by atoms with E-state index in [-0.39, 0.29) is 11.8 Å². The molecule has 64 valence electrons. The SMILES string of the molecule is CCCC(C=O)CC(C)C=O. The lowest BCUT2D eigenvalue weighted by Crippen LogP contribution is -2.08. The van der Waals surface area contributed by atoms with Gasteiger partial charge in [-0.1, -0.05) is 20.3 Å². The molecule has 2 atom stereocenters. The molecule has 0 radical (unpaired) electrons. The summed E-state index contributed by atoms with van der Waals surface area (Å²) in [7, 11) is 0. The van der Waals surface area contributed by atoms with Gasteiger partial charge in [0.1, 0.15) is 12.6 Å². The van der Waals surface area contributed by atoms with Gasteiger partial charge in [0, 0.05) is 11.8 Å². The lowest BCUT2D eigenvalue weighted by molar-refractivity contribution is -0.113. The quantitative estimate of drug-likeness (QED) is 0.550. The van der Waals surface area contributed by atoms with Crippen LogP contribution in [0, 0.1) is 11.8 Å². The first-order chi connectivity index (χ1) is 5.24. The molecule has 0 aromatic rings. The van der Waals surface area contributed by atoms with Gasteiger partial charge in [0.2, 0.25) is 0 Å². The second kappa shape index (κ2) is 6.08. The fourth-order valence-electron chi connectivity index (χ4n) is 1.15. The minimum Gasteiger partial charge on any atom is -0.303 e. The number of aldehydes is 2. The van der Waals surface area contributed by atoms with Crippen molar-refractivity contribution in [1.82, 2.24) is 0 Å². The largest absolute Gasteiger partial charge is 0.303 e. The van der Waals surface area contributed by atoms with Crippen LogP contribution in [-0.4, -0.2) is 12.6 Å². The van der Waals surface area contributed by atoms with Crippen LogP contribution in [0.5, 0.6) is 0 Å². The van der Waals surface area contributed by atoms with Gasteiger partial charge in [0.05, 0.1) is 0 Å². The average Bonchev–Trinajstić information content (AvgIpc) is 2.03. The summed E-state index contributed by atoms with van der Waals surface area (Å²) in [6.45, 7) is 3.89. The predicted octanol–water partition coefficient (Wildman–Crippen LogP) is 1.83. The second-order valence-corrected chi connectivity index (χ2v) is 3.03. The Morgan fingerprint density at radius 2 is 1.91 bits per heavy atom. The van der Waals surface area contributed by atoms with Crippen molar-refractivity contribution in [3.63, 3.8) is 0 Å². The van der Waals surface area contributed by atoms with Crippen molar-refractivity contribution in [3.8, 4) is 0 Å². The number of carbonyl (C=O) groups excluding carboxylic acids is 2. The molecule has 0 heterocycles. The Morgan fingerprint density at radius 1 is 1.27 bits per heavy atom. The Bertz CT molecular complexity index is 121. The zero-order valence-corrected chi connectivity index (χ0v) is 7.25. The van der Waals surface area contributed by atoms with Gasteiger partial charge in [-0.15, -0.1) is 0 Å². The van der Waals surface area contributed by atoms with E-state index in [0.717, 1.165) is 25.4 Å². The minimum atomic E-state index is 0.0248. The van der Waals surface area contributed by atoms with Gasteiger partial charge in [0.15, 0.2) is 0 Å². The summed E-state index contributed by atoms with van der Waals surface area (Å²) in [6.07, 6.45) is 4.49. The van der Waals surface area contributed by atoms with Gasteiger partial charge in [-0.3, -0.25) is 0 Å². The lowest BCUT2D eigenvalue weighted by atomic mass is 9.94. The van der Waals surface area contributed by atoms with Crippen LogP contribution in [0.1, 0.15) is 33.1 Å². The summed E-state index contributed by atoms with van der Waals surface area (Å²) >= 11 is 0. The first kappa shape index (κ1) is 10.3. The number of hydrogen-bond acceptors (Lipinski definition) is 2. The molecular formula is C9H16O2. The van der Waals surface area contributed by atoms with Gasteiger partial charge in [-0.25, -0.2) is 0 Å². The Kier molecular flexibility index (Phi) is 5.71. The maximum absolute atomic E-state index is 10.4. The third-order valence-corrected chi connectivity index (χ3v) is 1.76. The monoisotopic (exact) mass is 156 g/mol. The molecule has 2 nitrogen and oxygen atoms in total. The third-order valence-electron chi connectivity index (χ3n) is 1.76. The van der Waals surface area contributed by atoms with E-state index in [2.05, 4.69) is 0 Å². The second-order valence-electron chi connectivity index (χ2n) is 3.03. The van der Waals surface area contributed by atoms with E-state index >= 15 is 0 Å². The number of hydrogen-bond donors (Lipinski definition) is 0. The highest BCUT2D eigenvalue weighted by atomic mass is 16.1. The summed E-state index contributed by atoms with van der Waals surface area (Å²) < 4.78 is 0. The number of carbonyl (C=O) groups is 2. The summed E-state index contributed by atoms with van der Waals surface area (Å²) in [5.41, 5.74) is 0. The fourth-order valence-corrected chi connectivity index (χ4v) is 1.15. The van der Waals surface area contributed by atoms with E-state index in [1.54, 1.807) is 0 Å². The molecule has 2 heteroatoms. The lowest BCUT2D eigenvalue weighted by Gasteiger charge is -2.09. The van der Waals surface area contributed by atoms with Crippen LogP contribution in [0.25, 0.3) is 0 Å². The van der Waals surface area contributed by atoms with Crippen molar-refractivity contribution in [2.45, 2.75) is 33.1 Å². The molecule has 0 aliphatic rings. The summed E-state index contributed by atoms with van der Waals surface area (Å²) in [6, 6.07) is 0. The molecular weight excluding hydrogens is 140 g/mol. The first-order valence-corrected chi connectivity index (χ1v) is 4.15. The van der Waals surface area contributed by atoms with E-state index in [1.807, 2.05) is 13.8 Å². The van der Waals surface area contributed by atoms with Crippen molar-refractivity contribution in [1.29, 1.82) is 0 Å². The molecule has 0 N–H and O–H groups in total. The standard InChI is InChI=1S/C9H16O2/c1-3-4-9(7-11)5-8(2)6-10/h6-9H,3-5H2,1-2H3. The molecule has 11 heavy (non-hydrogen) atoms. The van der Waals surface area contributed by atoms with Gasteiger partial charge < -0.3 is 9.59 Å². The summed E-state index contributed by atoms with van der Waals surface area (Å²) in [4.78, 5) is 20.7. The molecule has 0 aliphatic heterocycles. The molecule has 0 fully saturated rings. The van der Waals surface area contributed by atoms with Crippen molar-refractivity contribution < 1.29 is 9.59 Å². The van der Waals surface area contributed by atoms with Crippen molar-refractivity contribution in [2.24, 2.45) is 11.8 Å². The van der Waals surface area contributed by atoms with E-state index in [0.29, 0.717) is 6.42 Å². The Morgan fingerprint density at radius 3 is 2.27 bits per heavy atom. The normalized spacial score (nSPS) is 15.5. The van der Waals surface area contributed by atoms with Crippen LogP contribution in [0.3, 0.4) is 0 Å². The van der Waals surface area contributed by atoms with Crippen molar-refractivity contribution in [3.05, 3.63) is 0 Å². The zero-order valence-electron chi connectivity index (χ0n) is 7.25. The van der Waals surface area contributed by atoms with E-state index in [9.17, 15) is 9.59 Å². The average molecular weight is 156 g/mol. The molecule has 0 aromatic carbocycles. The third kappa shape index (κ3) is 4.71. The highest BCUT2D eigenvalue weighted by Crippen LogP contribution is 2.13. The first-order valence-electron chi connectivity index (χ1n) is 4.15.